The molecule has 0 aliphatic carbocycles. The van der Waals surface area contributed by atoms with E-state index >= 15 is 0 Å². The van der Waals surface area contributed by atoms with Crippen LogP contribution in [0.2, 0.25) is 0 Å². The van der Waals surface area contributed by atoms with Gasteiger partial charge >= 0.3 is 0 Å². The van der Waals surface area contributed by atoms with Crippen molar-refractivity contribution >= 4 is 59.7 Å². The normalized spacial score (nSPS) is 11.3. The fourth-order valence-corrected chi connectivity index (χ4v) is 3.34. The van der Waals surface area contributed by atoms with Gasteiger partial charge in [-0.25, -0.2) is 0 Å². The Hall–Kier alpha value is 0.130. The van der Waals surface area contributed by atoms with E-state index in [9.17, 15) is 0 Å². The van der Waals surface area contributed by atoms with Crippen molar-refractivity contribution in [1.82, 2.24) is 0 Å². The molecular formula is C10H11Br3N2. The van der Waals surface area contributed by atoms with Gasteiger partial charge in [-0.2, -0.15) is 5.10 Å². The van der Waals surface area contributed by atoms with E-state index < -0.39 is 0 Å². The smallest absolute Gasteiger partial charge is 0.0846 e. The number of nitrogens with one attached hydrogen (secondary N) is 1. The summed E-state index contributed by atoms with van der Waals surface area (Å²) in [7, 11) is 0. The van der Waals surface area contributed by atoms with Crippen LogP contribution in [0.15, 0.2) is 30.7 Å². The van der Waals surface area contributed by atoms with E-state index in [4.69, 9.17) is 0 Å². The second-order valence-electron chi connectivity index (χ2n) is 3.38. The zero-order valence-corrected chi connectivity index (χ0v) is 13.1. The summed E-state index contributed by atoms with van der Waals surface area (Å²) < 4.78 is 2.94. The molecule has 5 heteroatoms. The van der Waals surface area contributed by atoms with Crippen LogP contribution in [0.4, 0.5) is 5.69 Å². The maximum Gasteiger partial charge on any atom is 0.0846 e. The molecule has 0 bridgehead atoms. The van der Waals surface area contributed by atoms with Crippen LogP contribution in [0.3, 0.4) is 0 Å². The Balaban J connectivity index is 2.86. The molecule has 2 nitrogen and oxygen atoms in total. The lowest BCUT2D eigenvalue weighted by molar-refractivity contribution is 0.904. The zero-order valence-electron chi connectivity index (χ0n) is 8.39. The molecule has 15 heavy (non-hydrogen) atoms. The Morgan fingerprint density at radius 2 is 1.73 bits per heavy atom. The molecule has 1 aromatic carbocycles. The average Bonchev–Trinajstić information content (AvgIpc) is 2.08. The number of benzene rings is 1. The maximum absolute atomic E-state index is 4.14. The summed E-state index contributed by atoms with van der Waals surface area (Å²) in [5.74, 6) is 0.436. The Labute approximate surface area is 115 Å². The highest BCUT2D eigenvalue weighted by Gasteiger charge is 2.05. The Morgan fingerprint density at radius 3 is 2.20 bits per heavy atom. The number of anilines is 1. The molecule has 0 aromatic heterocycles. The van der Waals surface area contributed by atoms with Crippen molar-refractivity contribution in [3.63, 3.8) is 0 Å². The third-order valence-electron chi connectivity index (χ3n) is 1.56. The number of halogens is 3. The van der Waals surface area contributed by atoms with Gasteiger partial charge in [0.2, 0.25) is 0 Å². The van der Waals surface area contributed by atoms with Crippen molar-refractivity contribution in [2.24, 2.45) is 11.0 Å². The van der Waals surface area contributed by atoms with Crippen molar-refractivity contribution in [3.05, 3.63) is 25.6 Å². The van der Waals surface area contributed by atoms with Gasteiger partial charge in [0.15, 0.2) is 0 Å². The molecule has 0 saturated carbocycles. The van der Waals surface area contributed by atoms with Crippen LogP contribution in [0, 0.1) is 5.92 Å². The summed E-state index contributed by atoms with van der Waals surface area (Å²) in [6.07, 6.45) is 1.86. The third-order valence-corrected chi connectivity index (χ3v) is 3.26. The predicted octanol–water partition coefficient (Wildman–Crippen LogP) is 5.03. The second kappa shape index (κ2) is 6.01. The average molecular weight is 399 g/mol. The van der Waals surface area contributed by atoms with E-state index in [2.05, 4.69) is 72.2 Å². The van der Waals surface area contributed by atoms with Gasteiger partial charge in [0, 0.05) is 19.6 Å². The van der Waals surface area contributed by atoms with Crippen molar-refractivity contribution < 1.29 is 0 Å². The molecule has 0 unspecified atom stereocenters. The molecule has 0 fully saturated rings. The number of hydrazone groups is 1. The van der Waals surface area contributed by atoms with E-state index in [0.29, 0.717) is 5.92 Å². The molecule has 0 radical (unpaired) electrons. The van der Waals surface area contributed by atoms with Gasteiger partial charge in [0.25, 0.3) is 0 Å². The highest BCUT2D eigenvalue weighted by Crippen LogP contribution is 2.34. The van der Waals surface area contributed by atoms with Crippen molar-refractivity contribution in [1.29, 1.82) is 0 Å². The molecule has 0 atom stereocenters. The van der Waals surface area contributed by atoms with E-state index in [0.717, 1.165) is 19.1 Å². The quantitative estimate of drug-likeness (QED) is 0.560. The zero-order chi connectivity index (χ0) is 11.4. The largest absolute Gasteiger partial charge is 0.277 e. The molecule has 0 saturated heterocycles. The van der Waals surface area contributed by atoms with Crippen LogP contribution in [-0.2, 0) is 0 Å². The van der Waals surface area contributed by atoms with Crippen molar-refractivity contribution in [2.75, 3.05) is 5.43 Å². The van der Waals surface area contributed by atoms with Crippen LogP contribution in [0.25, 0.3) is 0 Å². The van der Waals surface area contributed by atoms with Gasteiger partial charge in [-0.15, -0.1) is 0 Å². The van der Waals surface area contributed by atoms with Crippen LogP contribution >= 0.6 is 47.8 Å². The number of hydrogen-bond donors (Lipinski definition) is 1. The Morgan fingerprint density at radius 1 is 1.20 bits per heavy atom. The molecule has 0 aliphatic heterocycles. The first kappa shape index (κ1) is 13.2. The lowest BCUT2D eigenvalue weighted by atomic mass is 10.3. The molecule has 1 aromatic rings. The Bertz CT molecular complexity index is 352. The minimum absolute atomic E-state index is 0.436. The van der Waals surface area contributed by atoms with Gasteiger partial charge in [-0.05, 0) is 49.9 Å². The first-order valence-corrected chi connectivity index (χ1v) is 6.82. The highest BCUT2D eigenvalue weighted by atomic mass is 79.9. The van der Waals surface area contributed by atoms with E-state index in [-0.39, 0.29) is 0 Å². The van der Waals surface area contributed by atoms with Gasteiger partial charge in [0.05, 0.1) is 5.69 Å². The maximum atomic E-state index is 4.14. The van der Waals surface area contributed by atoms with Gasteiger partial charge in [-0.1, -0.05) is 29.8 Å². The van der Waals surface area contributed by atoms with Crippen molar-refractivity contribution in [3.8, 4) is 0 Å². The first-order chi connectivity index (χ1) is 7.00. The predicted molar refractivity (Wildman–Crippen MR) is 76.5 cm³/mol. The Kier molecular flexibility index (Phi) is 5.29. The molecule has 1 rings (SSSR count). The van der Waals surface area contributed by atoms with Gasteiger partial charge < -0.3 is 0 Å². The van der Waals surface area contributed by atoms with E-state index in [1.807, 2.05) is 18.3 Å². The molecule has 82 valence electrons. The monoisotopic (exact) mass is 396 g/mol. The SMILES string of the molecule is CC(C)C=NNc1c(Br)cc(Br)cc1Br. The first-order valence-electron chi connectivity index (χ1n) is 4.44. The summed E-state index contributed by atoms with van der Waals surface area (Å²) in [5, 5.41) is 4.14. The molecule has 0 amide bonds. The highest BCUT2D eigenvalue weighted by molar-refractivity contribution is 9.11. The summed E-state index contributed by atoms with van der Waals surface area (Å²) in [6.45, 7) is 4.16. The van der Waals surface area contributed by atoms with Gasteiger partial charge in [0.1, 0.15) is 0 Å². The lowest BCUT2D eigenvalue weighted by Crippen LogP contribution is -1.95. The molecule has 0 aliphatic rings. The van der Waals surface area contributed by atoms with Crippen LogP contribution in [0.5, 0.6) is 0 Å². The van der Waals surface area contributed by atoms with E-state index in [1.54, 1.807) is 0 Å². The summed E-state index contributed by atoms with van der Waals surface area (Å²) >= 11 is 10.3. The number of nitrogens with zero attached hydrogens (tertiary/aromatic N) is 1. The second-order valence-corrected chi connectivity index (χ2v) is 6.00. The summed E-state index contributed by atoms with van der Waals surface area (Å²) in [5.41, 5.74) is 3.92. The van der Waals surface area contributed by atoms with Gasteiger partial charge in [-0.3, -0.25) is 5.43 Å². The lowest BCUT2D eigenvalue weighted by Gasteiger charge is -2.07. The topological polar surface area (TPSA) is 24.4 Å². The summed E-state index contributed by atoms with van der Waals surface area (Å²) in [4.78, 5) is 0. The van der Waals surface area contributed by atoms with Crippen LogP contribution in [0.1, 0.15) is 13.8 Å². The summed E-state index contributed by atoms with van der Waals surface area (Å²) in [6, 6.07) is 3.94. The molecule has 1 N–H and O–H groups in total. The fourth-order valence-electron chi connectivity index (χ4n) is 0.900. The van der Waals surface area contributed by atoms with Crippen molar-refractivity contribution in [2.45, 2.75) is 13.8 Å². The molecular weight excluding hydrogens is 388 g/mol. The molecule has 0 spiro atoms. The molecule has 0 heterocycles. The minimum atomic E-state index is 0.436. The van der Waals surface area contributed by atoms with Crippen LogP contribution < -0.4 is 5.43 Å². The third kappa shape index (κ3) is 4.25. The standard InChI is InChI=1S/C10H11Br3N2/c1-6(2)5-14-15-10-8(12)3-7(11)4-9(10)13/h3-6,15H,1-2H3. The number of hydrogen-bond acceptors (Lipinski definition) is 2. The van der Waals surface area contributed by atoms with E-state index in [1.165, 1.54) is 0 Å². The minimum Gasteiger partial charge on any atom is -0.277 e. The van der Waals surface area contributed by atoms with Crippen LogP contribution in [-0.4, -0.2) is 6.21 Å². The fraction of sp³-hybridized carbons (Fsp3) is 0.300. The number of rotatable bonds is 3.